The summed E-state index contributed by atoms with van der Waals surface area (Å²) in [4.78, 5) is 0.819. The second-order valence-electron chi connectivity index (χ2n) is 1.04. The maximum atomic E-state index is 8.30. The topological polar surface area (TPSA) is 30.1 Å². The Morgan fingerprint density at radius 1 is 1.50 bits per heavy atom. The van der Waals surface area contributed by atoms with E-state index in [4.69, 9.17) is 5.21 Å². The van der Waals surface area contributed by atoms with Crippen molar-refractivity contribution in [2.45, 2.75) is 0 Å². The zero-order chi connectivity index (χ0) is 4.57. The maximum Gasteiger partial charge on any atom is 0.0969 e. The third-order valence-electron chi connectivity index (χ3n) is 0.596. The van der Waals surface area contributed by atoms with Gasteiger partial charge in [-0.1, -0.05) is 4.85 Å². The molecule has 0 aliphatic heterocycles. The van der Waals surface area contributed by atoms with Crippen LogP contribution in [0.1, 0.15) is 0 Å². The van der Waals surface area contributed by atoms with Gasteiger partial charge in [-0.25, -0.2) is 4.68 Å². The fourth-order valence-corrected chi connectivity index (χ4v) is 0.195. The van der Waals surface area contributed by atoms with Gasteiger partial charge in [0.25, 0.3) is 0 Å². The van der Waals surface area contributed by atoms with Gasteiger partial charge in [-0.2, -0.15) is 0 Å². The van der Waals surface area contributed by atoms with Crippen LogP contribution in [0.3, 0.4) is 0 Å². The van der Waals surface area contributed by atoms with E-state index in [0.29, 0.717) is 0 Å². The lowest BCUT2D eigenvalue weighted by Crippen LogP contribution is -2.09. The molecule has 32 valence electrons. The first-order valence-electron chi connectivity index (χ1n) is 1.54. The van der Waals surface area contributed by atoms with Crippen molar-refractivity contribution in [2.24, 2.45) is 7.05 Å². The normalized spacial score (nSPS) is 8.17. The summed E-state index contributed by atoms with van der Waals surface area (Å²) in [5.74, 6) is 0. The van der Waals surface area contributed by atoms with Crippen LogP contribution < -0.4 is 0 Å². The molecule has 1 aromatic rings. The summed E-state index contributed by atoms with van der Waals surface area (Å²) in [7, 11) is 1.66. The minimum Gasteiger partial charge on any atom is -0.405 e. The van der Waals surface area contributed by atoms with E-state index >= 15 is 0 Å². The van der Waals surface area contributed by atoms with E-state index in [9.17, 15) is 0 Å². The summed E-state index contributed by atoms with van der Waals surface area (Å²) in [6.45, 7) is 0. The van der Waals surface area contributed by atoms with Gasteiger partial charge >= 0.3 is 0 Å². The number of hydrogen-bond acceptors (Lipinski definition) is 1. The minimum atomic E-state index is 0.819. The first-order chi connectivity index (χ1) is 2.80. The zero-order valence-corrected chi connectivity index (χ0v) is 3.34. The molecule has 0 aliphatic rings. The maximum absolute atomic E-state index is 8.30. The van der Waals surface area contributed by atoms with E-state index in [1.54, 1.807) is 7.05 Å². The molecule has 0 atom stereocenters. The molecule has 0 spiro atoms. The summed E-state index contributed by atoms with van der Waals surface area (Å²) in [5, 5.41) is 8.30. The Bertz CT molecular complexity index is 115. The Morgan fingerprint density at radius 3 is 2.00 bits per heavy atom. The van der Waals surface area contributed by atoms with Gasteiger partial charge in [0.05, 0.1) is 12.4 Å². The van der Waals surface area contributed by atoms with Crippen LogP contribution in [0.25, 0.3) is 0 Å². The highest BCUT2D eigenvalue weighted by Gasteiger charge is 1.79. The molecule has 0 aromatic carbocycles. The third kappa shape index (κ3) is 0.179. The molecule has 0 aliphatic carbocycles. The molecule has 3 heteroatoms. The van der Waals surface area contributed by atoms with Gasteiger partial charge in [0.2, 0.25) is 0 Å². The van der Waals surface area contributed by atoms with E-state index in [-0.39, 0.29) is 0 Å². The Morgan fingerprint density at radius 2 is 2.00 bits per heavy atom. The highest BCUT2D eigenvalue weighted by Crippen LogP contribution is 1.68. The van der Waals surface area contributed by atoms with Gasteiger partial charge in [0.1, 0.15) is 0 Å². The standard InChI is InChI=1S/C3H4N2O/c1-4-2-3-5(4)6/h6H,1H3. The Balaban J connectivity index is 2.87. The predicted molar refractivity (Wildman–Crippen MR) is 18.3 cm³/mol. The molecule has 0 saturated carbocycles. The summed E-state index contributed by atoms with van der Waals surface area (Å²) in [6, 6.07) is 0. The lowest BCUT2D eigenvalue weighted by atomic mass is 11.0. The molecular formula is C3H4N2O. The first kappa shape index (κ1) is 3.16. The lowest BCUT2D eigenvalue weighted by molar-refractivity contribution is 0.0991. The highest BCUT2D eigenvalue weighted by molar-refractivity contribution is 4.46. The van der Waals surface area contributed by atoms with Gasteiger partial charge in [0, 0.05) is 7.05 Å². The van der Waals surface area contributed by atoms with E-state index in [1.807, 2.05) is 0 Å². The molecule has 1 rings (SSSR count). The van der Waals surface area contributed by atoms with Crippen LogP contribution in [-0.4, -0.2) is 14.7 Å². The lowest BCUT2D eigenvalue weighted by Gasteiger charge is -1.97. The summed E-state index contributed by atoms with van der Waals surface area (Å²) in [5.41, 5.74) is 0. The van der Waals surface area contributed by atoms with Crippen LogP contribution in [0.2, 0.25) is 0 Å². The van der Waals surface area contributed by atoms with E-state index in [1.165, 1.54) is 4.68 Å². The third-order valence-corrected chi connectivity index (χ3v) is 0.596. The van der Waals surface area contributed by atoms with Gasteiger partial charge in [-0.3, -0.25) is 0 Å². The fraction of sp³-hybridized carbons (Fsp3) is 0.333. The SMILES string of the molecule is Cn1c#cn1O. The van der Waals surface area contributed by atoms with Crippen molar-refractivity contribution in [1.29, 1.82) is 0 Å². The molecule has 0 fully saturated rings. The Kier molecular flexibility index (Phi) is 0.377. The average Bonchev–Trinajstić information content (AvgIpc) is 1.61. The number of hydrogen-bond donors (Lipinski definition) is 1. The zero-order valence-electron chi connectivity index (χ0n) is 3.34. The smallest absolute Gasteiger partial charge is 0.0969 e. The quantitative estimate of drug-likeness (QED) is 0.428. The molecular weight excluding hydrogens is 80.0 g/mol. The number of nitrogens with zero attached hydrogens (tertiary/aromatic N) is 2. The molecule has 0 saturated heterocycles. The molecule has 0 radical (unpaired) electrons. The van der Waals surface area contributed by atoms with Crippen molar-refractivity contribution in [3.8, 4) is 0 Å². The first-order valence-corrected chi connectivity index (χ1v) is 1.54. The fourth-order valence-electron chi connectivity index (χ4n) is 0.195. The van der Waals surface area contributed by atoms with E-state index in [2.05, 4.69) is 12.4 Å². The van der Waals surface area contributed by atoms with Crippen LogP contribution in [0, 0.1) is 12.4 Å². The largest absolute Gasteiger partial charge is 0.405 e. The van der Waals surface area contributed by atoms with Crippen LogP contribution in [0.4, 0.5) is 0 Å². The van der Waals surface area contributed by atoms with Crippen molar-refractivity contribution in [3.63, 3.8) is 0 Å². The molecule has 1 N–H and O–H groups in total. The molecule has 0 amide bonds. The van der Waals surface area contributed by atoms with Crippen LogP contribution in [-0.2, 0) is 7.05 Å². The number of rotatable bonds is 0. The van der Waals surface area contributed by atoms with Crippen LogP contribution in [0.5, 0.6) is 0 Å². The monoisotopic (exact) mass is 84.0 g/mol. The summed E-state index contributed by atoms with van der Waals surface area (Å²) in [6.07, 6.45) is 4.84. The van der Waals surface area contributed by atoms with Crippen molar-refractivity contribution in [1.82, 2.24) is 9.53 Å². The van der Waals surface area contributed by atoms with Crippen LogP contribution in [0.15, 0.2) is 0 Å². The molecule has 1 aromatic heterocycles. The van der Waals surface area contributed by atoms with Gasteiger partial charge in [0.15, 0.2) is 0 Å². The van der Waals surface area contributed by atoms with Crippen molar-refractivity contribution < 1.29 is 5.21 Å². The molecule has 6 heavy (non-hydrogen) atoms. The Hall–Kier alpha value is -1.04. The van der Waals surface area contributed by atoms with Crippen molar-refractivity contribution in [3.05, 3.63) is 12.4 Å². The Labute approximate surface area is 35.4 Å². The second-order valence-corrected chi connectivity index (χ2v) is 1.04. The molecule has 0 unspecified atom stereocenters. The summed E-state index contributed by atoms with van der Waals surface area (Å²) >= 11 is 0. The second kappa shape index (κ2) is 0.716. The van der Waals surface area contributed by atoms with Gasteiger partial charge < -0.3 is 5.21 Å². The predicted octanol–water partition coefficient (Wildman–Crippen LogP) is -0.336. The summed E-state index contributed by atoms with van der Waals surface area (Å²) < 4.78 is 1.38. The highest BCUT2D eigenvalue weighted by atomic mass is 16.5. The van der Waals surface area contributed by atoms with E-state index in [0.717, 1.165) is 4.85 Å². The van der Waals surface area contributed by atoms with Gasteiger partial charge in [-0.05, 0) is 0 Å². The van der Waals surface area contributed by atoms with E-state index < -0.39 is 0 Å². The van der Waals surface area contributed by atoms with Crippen molar-refractivity contribution in [2.75, 3.05) is 0 Å². The number of aromatic nitrogens is 2. The average molecular weight is 84.1 g/mol. The minimum absolute atomic E-state index is 0.819. The van der Waals surface area contributed by atoms with Crippen LogP contribution >= 0.6 is 0 Å². The molecule has 1 heterocycles. The van der Waals surface area contributed by atoms with Gasteiger partial charge in [-0.15, -0.1) is 0 Å². The van der Waals surface area contributed by atoms with Crippen molar-refractivity contribution >= 4 is 0 Å². The molecule has 0 bridgehead atoms. The molecule has 3 nitrogen and oxygen atoms in total.